The third-order valence-electron chi connectivity index (χ3n) is 3.22. The van der Waals surface area contributed by atoms with Crippen LogP contribution >= 0.6 is 0 Å². The second-order valence-electron chi connectivity index (χ2n) is 4.39. The summed E-state index contributed by atoms with van der Waals surface area (Å²) in [6.07, 6.45) is 3.90. The number of nitrogens with zero attached hydrogens (tertiary/aromatic N) is 1. The van der Waals surface area contributed by atoms with Crippen molar-refractivity contribution in [2.24, 2.45) is 5.73 Å². The Morgan fingerprint density at radius 3 is 2.78 bits per heavy atom. The number of piperidine rings is 1. The lowest BCUT2D eigenvalue weighted by Crippen LogP contribution is -2.45. The van der Waals surface area contributed by atoms with Crippen molar-refractivity contribution in [2.45, 2.75) is 46.1 Å². The van der Waals surface area contributed by atoms with Crippen LogP contribution in [0.3, 0.4) is 0 Å². The lowest BCUT2D eigenvalue weighted by atomic mass is 10.0. The molecule has 3 N–H and O–H groups in total. The smallest absolute Gasteiger partial charge is 0.0594 e. The molecule has 1 aliphatic heterocycles. The van der Waals surface area contributed by atoms with E-state index in [0.29, 0.717) is 6.04 Å². The van der Waals surface area contributed by atoms with Gasteiger partial charge in [-0.3, -0.25) is 4.90 Å². The van der Waals surface area contributed by atoms with E-state index in [-0.39, 0.29) is 2.85 Å². The summed E-state index contributed by atoms with van der Waals surface area (Å²) in [7, 11) is 0. The van der Waals surface area contributed by atoms with E-state index in [2.05, 4.69) is 17.1 Å². The highest BCUT2D eigenvalue weighted by Crippen LogP contribution is 2.15. The van der Waals surface area contributed by atoms with Gasteiger partial charge in [0.15, 0.2) is 0 Å². The van der Waals surface area contributed by atoms with Gasteiger partial charge in [-0.05, 0) is 25.9 Å². The Bertz CT molecular complexity index is 176. The average Bonchev–Trinajstić information content (AvgIpc) is 2.45. The summed E-state index contributed by atoms with van der Waals surface area (Å²) in [5, 5.41) is 3.25. The summed E-state index contributed by atoms with van der Waals surface area (Å²) >= 11 is 0. The van der Waals surface area contributed by atoms with Crippen molar-refractivity contribution in [3.63, 3.8) is 0 Å². The molecule has 0 bridgehead atoms. The Hall–Kier alpha value is -0.160. The minimum atomic E-state index is 0. The first-order valence-electron chi connectivity index (χ1n) is 7.61. The van der Waals surface area contributed by atoms with Crippen molar-refractivity contribution in [1.29, 1.82) is 0 Å². The summed E-state index contributed by atoms with van der Waals surface area (Å²) < 4.78 is 5.59. The molecule has 0 aromatic carbocycles. The van der Waals surface area contributed by atoms with Crippen LogP contribution in [0.5, 0.6) is 0 Å². The maximum Gasteiger partial charge on any atom is 0.0594 e. The Morgan fingerprint density at radius 1 is 1.33 bits per heavy atom. The van der Waals surface area contributed by atoms with E-state index >= 15 is 0 Å². The molecule has 1 saturated heterocycles. The van der Waals surface area contributed by atoms with E-state index < -0.39 is 0 Å². The third-order valence-corrected chi connectivity index (χ3v) is 3.22. The monoisotopic (exact) mass is 263 g/mol. The fourth-order valence-corrected chi connectivity index (χ4v) is 2.23. The molecule has 1 atom stereocenters. The molecule has 0 saturated carbocycles. The molecule has 0 amide bonds. The van der Waals surface area contributed by atoms with Crippen molar-refractivity contribution in [3.8, 4) is 0 Å². The van der Waals surface area contributed by atoms with Crippen molar-refractivity contribution >= 4 is 0 Å². The van der Waals surface area contributed by atoms with E-state index in [1.54, 1.807) is 0 Å². The predicted octanol–water partition coefficient (Wildman–Crippen LogP) is 1.94. The number of likely N-dealkylation sites (tertiary alicyclic amines) is 1. The quantitative estimate of drug-likeness (QED) is 0.657. The first-order valence-corrected chi connectivity index (χ1v) is 7.61. The van der Waals surface area contributed by atoms with Gasteiger partial charge >= 0.3 is 0 Å². The van der Waals surface area contributed by atoms with E-state index in [1.807, 2.05) is 13.8 Å². The molecule has 4 nitrogen and oxygen atoms in total. The molecule has 0 aromatic rings. The molecule has 18 heavy (non-hydrogen) atoms. The summed E-state index contributed by atoms with van der Waals surface area (Å²) in [5.41, 5.74) is 5.77. The molecule has 1 unspecified atom stereocenters. The van der Waals surface area contributed by atoms with Crippen LogP contribution < -0.4 is 11.1 Å². The van der Waals surface area contributed by atoms with Crippen LogP contribution in [-0.4, -0.2) is 56.9 Å². The second-order valence-corrected chi connectivity index (χ2v) is 4.39. The highest BCUT2D eigenvalue weighted by molar-refractivity contribution is 4.77. The lowest BCUT2D eigenvalue weighted by Gasteiger charge is -2.34. The molecule has 1 aliphatic rings. The zero-order chi connectivity index (χ0) is 13.6. The summed E-state index contributed by atoms with van der Waals surface area (Å²) in [4.78, 5) is 2.48. The van der Waals surface area contributed by atoms with Crippen LogP contribution in [0.15, 0.2) is 0 Å². The molecule has 4 heteroatoms. The highest BCUT2D eigenvalue weighted by Gasteiger charge is 2.20. The lowest BCUT2D eigenvalue weighted by molar-refractivity contribution is 0.0752. The number of hydrogen-bond donors (Lipinski definition) is 2. The van der Waals surface area contributed by atoms with Gasteiger partial charge in [-0.2, -0.15) is 0 Å². The number of nitrogens with one attached hydrogen (secondary N) is 1. The minimum Gasteiger partial charge on any atom is -0.379 e. The summed E-state index contributed by atoms with van der Waals surface area (Å²) in [6.45, 7) is 12.8. The Kier molecular flexibility index (Phi) is 13.2. The maximum atomic E-state index is 5.77. The Balaban J connectivity index is -0.000000689. The zero-order valence-corrected chi connectivity index (χ0v) is 12.6. The molecule has 0 aliphatic carbocycles. The van der Waals surface area contributed by atoms with Crippen LogP contribution in [0.25, 0.3) is 0 Å². The first kappa shape index (κ1) is 17.8. The molecular formula is C14H37N3O. The number of ether oxygens (including phenoxy) is 1. The van der Waals surface area contributed by atoms with Crippen molar-refractivity contribution in [1.82, 2.24) is 10.2 Å². The third kappa shape index (κ3) is 8.03. The molecule has 0 spiro atoms. The van der Waals surface area contributed by atoms with Gasteiger partial charge < -0.3 is 15.8 Å². The van der Waals surface area contributed by atoms with E-state index in [9.17, 15) is 0 Å². The van der Waals surface area contributed by atoms with Gasteiger partial charge in [-0.1, -0.05) is 27.2 Å². The topological polar surface area (TPSA) is 50.5 Å². The fourth-order valence-electron chi connectivity index (χ4n) is 2.23. The molecule has 0 radical (unpaired) electrons. The predicted molar refractivity (Wildman–Crippen MR) is 83.2 cm³/mol. The number of nitrogens with two attached hydrogens (primary N) is 1. The number of hydrogen-bond acceptors (Lipinski definition) is 4. The van der Waals surface area contributed by atoms with Crippen molar-refractivity contribution < 1.29 is 7.59 Å². The maximum absolute atomic E-state index is 5.77. The second kappa shape index (κ2) is 13.3. The highest BCUT2D eigenvalue weighted by atomic mass is 16.5. The first-order chi connectivity index (χ1) is 8.88. The summed E-state index contributed by atoms with van der Waals surface area (Å²) in [6, 6.07) is 0.589. The Labute approximate surface area is 116 Å². The number of likely N-dealkylation sites (N-methyl/N-ethyl adjacent to an activating group) is 1. The fraction of sp³-hybridized carbons (Fsp3) is 1.00. The molecular weight excluding hydrogens is 226 g/mol. The standard InChI is InChI=1S/C12H27N3O.C2H6.2H2/c1-2-14-6-9-16-10-8-15-7-4-3-5-12(15)11-13;1-2;;/h12,14H,2-11,13H2,1H3;1-2H3;2*1H. The molecule has 114 valence electrons. The van der Waals surface area contributed by atoms with Crippen molar-refractivity contribution in [3.05, 3.63) is 0 Å². The van der Waals surface area contributed by atoms with E-state index in [1.165, 1.54) is 25.8 Å². The zero-order valence-electron chi connectivity index (χ0n) is 12.6. The Morgan fingerprint density at radius 2 is 2.11 bits per heavy atom. The molecule has 1 fully saturated rings. The van der Waals surface area contributed by atoms with Crippen LogP contribution in [0.1, 0.15) is 42.9 Å². The SMILES string of the molecule is CC.CCNCCOCCN1CCCCC1CN.[HH].[HH]. The van der Waals surface area contributed by atoms with E-state index in [4.69, 9.17) is 10.5 Å². The van der Waals surface area contributed by atoms with Gasteiger partial charge in [0.25, 0.3) is 0 Å². The van der Waals surface area contributed by atoms with Gasteiger partial charge in [0.1, 0.15) is 0 Å². The van der Waals surface area contributed by atoms with Gasteiger partial charge in [-0.25, -0.2) is 0 Å². The molecule has 0 aromatic heterocycles. The average molecular weight is 263 g/mol. The van der Waals surface area contributed by atoms with Crippen LogP contribution in [0.2, 0.25) is 0 Å². The van der Waals surface area contributed by atoms with Gasteiger partial charge in [0.05, 0.1) is 13.2 Å². The van der Waals surface area contributed by atoms with Crippen LogP contribution in [-0.2, 0) is 4.74 Å². The van der Waals surface area contributed by atoms with Gasteiger partial charge in [0.2, 0.25) is 0 Å². The molecule has 1 rings (SSSR count). The normalized spacial score (nSPS) is 20.3. The van der Waals surface area contributed by atoms with Gasteiger partial charge in [-0.15, -0.1) is 0 Å². The van der Waals surface area contributed by atoms with Gasteiger partial charge in [0, 0.05) is 28.5 Å². The minimum absolute atomic E-state index is 0. The van der Waals surface area contributed by atoms with Crippen LogP contribution in [0.4, 0.5) is 0 Å². The van der Waals surface area contributed by atoms with E-state index in [0.717, 1.165) is 39.4 Å². The summed E-state index contributed by atoms with van der Waals surface area (Å²) in [5.74, 6) is 0. The van der Waals surface area contributed by atoms with Crippen molar-refractivity contribution in [2.75, 3.05) is 45.9 Å². The number of rotatable bonds is 8. The largest absolute Gasteiger partial charge is 0.379 e. The van der Waals surface area contributed by atoms with Crippen LogP contribution in [0, 0.1) is 0 Å². The molecule has 1 heterocycles.